The van der Waals surface area contributed by atoms with Gasteiger partial charge in [0, 0.05) is 12.7 Å². The summed E-state index contributed by atoms with van der Waals surface area (Å²) in [4.78, 5) is 0. The van der Waals surface area contributed by atoms with Crippen molar-refractivity contribution in [3.8, 4) is 0 Å². The smallest absolute Gasteiger partial charge is 0.101 e. The highest BCUT2D eigenvalue weighted by Gasteiger charge is 2.08. The zero-order valence-electron chi connectivity index (χ0n) is 10.4. The molecule has 0 bridgehead atoms. The first-order chi connectivity index (χ1) is 7.67. The average Bonchev–Trinajstić information content (AvgIpc) is 2.64. The third-order valence-electron chi connectivity index (χ3n) is 2.61. The summed E-state index contributed by atoms with van der Waals surface area (Å²) in [6.07, 6.45) is 5.86. The minimum Gasteiger partial charge on any atom is -0.372 e. The summed E-state index contributed by atoms with van der Waals surface area (Å²) in [5.74, 6) is 0. The van der Waals surface area contributed by atoms with Crippen molar-refractivity contribution in [3.05, 3.63) is 15.5 Å². The van der Waals surface area contributed by atoms with Crippen molar-refractivity contribution in [2.24, 2.45) is 0 Å². The summed E-state index contributed by atoms with van der Waals surface area (Å²) < 4.78 is 8.93. The predicted molar refractivity (Wildman–Crippen MR) is 74.4 cm³/mol. The number of unbranched alkanes of at least 4 members (excludes halogenated alkanes) is 1. The van der Waals surface area contributed by atoms with Gasteiger partial charge in [0.2, 0.25) is 0 Å². The van der Waals surface area contributed by atoms with E-state index in [0.717, 1.165) is 18.7 Å². The zero-order chi connectivity index (χ0) is 12.0. The van der Waals surface area contributed by atoms with Gasteiger partial charge in [-0.05, 0) is 42.4 Å². The molecule has 0 N–H and O–H groups in total. The highest BCUT2D eigenvalue weighted by atomic mass is 127. The molecule has 16 heavy (non-hydrogen) atoms. The van der Waals surface area contributed by atoms with E-state index in [1.165, 1.54) is 16.4 Å². The van der Waals surface area contributed by atoms with Gasteiger partial charge < -0.3 is 4.74 Å². The van der Waals surface area contributed by atoms with Gasteiger partial charge >= 0.3 is 0 Å². The summed E-state index contributed by atoms with van der Waals surface area (Å²) >= 11 is 2.33. The van der Waals surface area contributed by atoms with Crippen molar-refractivity contribution in [1.29, 1.82) is 0 Å². The number of ether oxygens (including phenoxy) is 1. The number of aromatic nitrogens is 2. The first kappa shape index (κ1) is 14.0. The molecule has 0 aliphatic heterocycles. The second-order valence-corrected chi connectivity index (χ2v) is 5.23. The Morgan fingerprint density at radius 2 is 2.25 bits per heavy atom. The Hall–Kier alpha value is -0.100. The molecule has 3 nitrogen and oxygen atoms in total. The predicted octanol–water partition coefficient (Wildman–Crippen LogP) is 3.60. The molecule has 0 saturated heterocycles. The van der Waals surface area contributed by atoms with E-state index in [9.17, 15) is 0 Å². The molecule has 0 aliphatic carbocycles. The second-order valence-electron chi connectivity index (χ2n) is 4.07. The first-order valence-electron chi connectivity index (χ1n) is 6.00. The van der Waals surface area contributed by atoms with Crippen LogP contribution in [0.15, 0.2) is 6.20 Å². The van der Waals surface area contributed by atoms with Gasteiger partial charge in [-0.25, -0.2) is 0 Å². The average molecular weight is 336 g/mol. The molecule has 0 aromatic carbocycles. The molecular weight excluding hydrogens is 315 g/mol. The Morgan fingerprint density at radius 1 is 1.50 bits per heavy atom. The van der Waals surface area contributed by atoms with Gasteiger partial charge in [0.25, 0.3) is 0 Å². The fraction of sp³-hybridized carbons (Fsp3) is 0.750. The van der Waals surface area contributed by atoms with Crippen LogP contribution in [0.4, 0.5) is 0 Å². The molecule has 1 aromatic heterocycles. The van der Waals surface area contributed by atoms with Gasteiger partial charge in [-0.1, -0.05) is 20.3 Å². The summed E-state index contributed by atoms with van der Waals surface area (Å²) in [7, 11) is 0. The van der Waals surface area contributed by atoms with E-state index in [4.69, 9.17) is 4.74 Å². The van der Waals surface area contributed by atoms with Gasteiger partial charge in [-0.2, -0.15) is 5.10 Å². The highest BCUT2D eigenvalue weighted by molar-refractivity contribution is 14.1. The Morgan fingerprint density at radius 3 is 2.88 bits per heavy atom. The minimum absolute atomic E-state index is 0.316. The molecule has 0 saturated carbocycles. The van der Waals surface area contributed by atoms with E-state index in [1.807, 2.05) is 4.68 Å². The molecule has 1 atom stereocenters. The van der Waals surface area contributed by atoms with Crippen LogP contribution in [0.2, 0.25) is 0 Å². The lowest BCUT2D eigenvalue weighted by Crippen LogP contribution is -2.07. The molecular formula is C12H21IN2O. The molecule has 1 aromatic rings. The van der Waals surface area contributed by atoms with Gasteiger partial charge in [-0.3, -0.25) is 4.68 Å². The van der Waals surface area contributed by atoms with E-state index < -0.39 is 0 Å². The van der Waals surface area contributed by atoms with E-state index >= 15 is 0 Å². The van der Waals surface area contributed by atoms with Crippen LogP contribution >= 0.6 is 22.6 Å². The monoisotopic (exact) mass is 336 g/mol. The van der Waals surface area contributed by atoms with Crippen molar-refractivity contribution >= 4 is 22.6 Å². The Labute approximate surface area is 112 Å². The Kier molecular flexibility index (Phi) is 6.34. The fourth-order valence-corrected chi connectivity index (χ4v) is 1.89. The van der Waals surface area contributed by atoms with E-state index in [-0.39, 0.29) is 0 Å². The third-order valence-corrected chi connectivity index (χ3v) is 3.51. The van der Waals surface area contributed by atoms with Crippen LogP contribution in [-0.2, 0) is 17.9 Å². The Bertz CT molecular complexity index is 312. The lowest BCUT2D eigenvalue weighted by atomic mass is 10.3. The highest BCUT2D eigenvalue weighted by Crippen LogP contribution is 2.13. The maximum atomic E-state index is 5.70. The van der Waals surface area contributed by atoms with Crippen LogP contribution < -0.4 is 0 Å². The maximum absolute atomic E-state index is 5.70. The van der Waals surface area contributed by atoms with Crippen LogP contribution in [0, 0.1) is 3.57 Å². The van der Waals surface area contributed by atoms with Crippen molar-refractivity contribution in [2.75, 3.05) is 0 Å². The van der Waals surface area contributed by atoms with E-state index in [1.54, 1.807) is 0 Å². The lowest BCUT2D eigenvalue weighted by molar-refractivity contribution is 0.0482. The Balaban J connectivity index is 2.49. The summed E-state index contributed by atoms with van der Waals surface area (Å²) in [5, 5.41) is 4.54. The molecule has 1 heterocycles. The fourth-order valence-electron chi connectivity index (χ4n) is 1.31. The molecule has 0 aliphatic rings. The van der Waals surface area contributed by atoms with Crippen molar-refractivity contribution in [1.82, 2.24) is 9.78 Å². The van der Waals surface area contributed by atoms with Crippen LogP contribution in [0.1, 0.15) is 45.7 Å². The first-order valence-corrected chi connectivity index (χ1v) is 7.08. The van der Waals surface area contributed by atoms with Crippen molar-refractivity contribution in [2.45, 2.75) is 59.3 Å². The van der Waals surface area contributed by atoms with Gasteiger partial charge in [0.15, 0.2) is 0 Å². The molecule has 0 radical (unpaired) electrons. The van der Waals surface area contributed by atoms with E-state index in [0.29, 0.717) is 12.7 Å². The summed E-state index contributed by atoms with van der Waals surface area (Å²) in [5.41, 5.74) is 1.07. The number of nitrogens with zero attached hydrogens (tertiary/aromatic N) is 2. The number of rotatable bonds is 7. The van der Waals surface area contributed by atoms with Crippen molar-refractivity contribution in [3.63, 3.8) is 0 Å². The lowest BCUT2D eigenvalue weighted by Gasteiger charge is -2.08. The molecule has 0 spiro atoms. The molecule has 4 heteroatoms. The number of hydrogen-bond donors (Lipinski definition) is 0. The molecule has 92 valence electrons. The standard InChI is InChI=1S/C12H21IN2O/c1-4-6-7-15-8-11(13)12(14-15)9-16-10(3)5-2/h8,10H,4-7,9H2,1-3H3/t10-/m1/s1. The van der Waals surface area contributed by atoms with Gasteiger partial charge in [0.05, 0.1) is 16.3 Å². The van der Waals surface area contributed by atoms with Crippen LogP contribution in [-0.4, -0.2) is 15.9 Å². The normalized spacial score (nSPS) is 13.0. The quantitative estimate of drug-likeness (QED) is 0.712. The number of aryl methyl sites for hydroxylation is 1. The number of hydrogen-bond acceptors (Lipinski definition) is 2. The summed E-state index contributed by atoms with van der Waals surface area (Å²) in [6.45, 7) is 8.07. The van der Waals surface area contributed by atoms with Crippen LogP contribution in [0.3, 0.4) is 0 Å². The molecule has 0 fully saturated rings. The maximum Gasteiger partial charge on any atom is 0.101 e. The molecule has 1 rings (SSSR count). The molecule has 0 amide bonds. The number of halogens is 1. The van der Waals surface area contributed by atoms with Gasteiger partial charge in [-0.15, -0.1) is 0 Å². The van der Waals surface area contributed by atoms with Crippen LogP contribution in [0.25, 0.3) is 0 Å². The molecule has 0 unspecified atom stereocenters. The second kappa shape index (κ2) is 7.27. The third kappa shape index (κ3) is 4.41. The topological polar surface area (TPSA) is 27.1 Å². The largest absolute Gasteiger partial charge is 0.372 e. The van der Waals surface area contributed by atoms with Gasteiger partial charge in [0.1, 0.15) is 5.69 Å². The van der Waals surface area contributed by atoms with Crippen molar-refractivity contribution < 1.29 is 4.74 Å². The zero-order valence-corrected chi connectivity index (χ0v) is 12.5. The SMILES string of the molecule is CCCCn1cc(I)c(CO[C@H](C)CC)n1. The minimum atomic E-state index is 0.316. The summed E-state index contributed by atoms with van der Waals surface area (Å²) in [6, 6.07) is 0. The van der Waals surface area contributed by atoms with Crippen LogP contribution in [0.5, 0.6) is 0 Å². The van der Waals surface area contributed by atoms with E-state index in [2.05, 4.69) is 54.7 Å².